The molecule has 1 aromatic heterocycles. The monoisotopic (exact) mass is 528 g/mol. The molecule has 2 aromatic carbocycles. The smallest absolute Gasteiger partial charge is 0.269 e. The van der Waals surface area contributed by atoms with Gasteiger partial charge in [0.15, 0.2) is 5.69 Å². The van der Waals surface area contributed by atoms with Gasteiger partial charge in [0, 0.05) is 9.86 Å². The van der Waals surface area contributed by atoms with Crippen LogP contribution in [0.5, 0.6) is 11.6 Å². The minimum atomic E-state index is -0.381. The van der Waals surface area contributed by atoms with Crippen molar-refractivity contribution in [2.75, 3.05) is 20.2 Å². The summed E-state index contributed by atoms with van der Waals surface area (Å²) in [6.45, 7) is 6.84. The van der Waals surface area contributed by atoms with Crippen LogP contribution in [0.15, 0.2) is 57.2 Å². The molecule has 1 heterocycles. The Bertz CT molecular complexity index is 1120. The summed E-state index contributed by atoms with van der Waals surface area (Å²) >= 11 is 3.50. The van der Waals surface area contributed by atoms with Crippen molar-refractivity contribution in [3.63, 3.8) is 0 Å². The van der Waals surface area contributed by atoms with Gasteiger partial charge in [0.05, 0.1) is 25.7 Å². The van der Waals surface area contributed by atoms with Gasteiger partial charge in [-0.05, 0) is 61.8 Å². The van der Waals surface area contributed by atoms with Crippen LogP contribution in [-0.2, 0) is 17.9 Å². The van der Waals surface area contributed by atoms with E-state index in [1.54, 1.807) is 19.2 Å². The van der Waals surface area contributed by atoms with Gasteiger partial charge < -0.3 is 9.84 Å². The topological polar surface area (TPSA) is 79.4 Å². The molecule has 8 heteroatoms. The summed E-state index contributed by atoms with van der Waals surface area (Å²) in [5.74, 6) is 0.369. The molecule has 0 saturated carbocycles. The molecule has 7 nitrogen and oxygen atoms in total. The molecule has 0 radical (unpaired) electrons. The van der Waals surface area contributed by atoms with E-state index in [-0.39, 0.29) is 18.2 Å². The predicted octanol–water partition coefficient (Wildman–Crippen LogP) is 6.83. The first-order valence-electron chi connectivity index (χ1n) is 11.8. The summed E-state index contributed by atoms with van der Waals surface area (Å²) in [6, 6.07) is 13.1. The highest BCUT2D eigenvalue weighted by Gasteiger charge is 2.19. The van der Waals surface area contributed by atoms with Crippen molar-refractivity contribution < 1.29 is 14.6 Å². The molecule has 0 aliphatic rings. The summed E-state index contributed by atoms with van der Waals surface area (Å²) in [5, 5.41) is 20.0. The number of hydrogen-bond donors (Lipinski definition) is 1. The molecule has 0 fully saturated rings. The van der Waals surface area contributed by atoms with E-state index >= 15 is 0 Å². The van der Waals surface area contributed by atoms with Gasteiger partial charge in [-0.15, -0.1) is 10.2 Å². The molecular weight excluding hydrogens is 496 g/mol. The number of nitrogens with zero attached hydrogens (tertiary/aromatic N) is 4. The van der Waals surface area contributed by atoms with Gasteiger partial charge in [0.2, 0.25) is 5.88 Å². The zero-order valence-corrected chi connectivity index (χ0v) is 21.7. The van der Waals surface area contributed by atoms with Gasteiger partial charge in [-0.25, -0.2) is 0 Å². The van der Waals surface area contributed by atoms with Crippen LogP contribution in [0, 0.1) is 0 Å². The number of carbonyl (C=O) groups is 1. The van der Waals surface area contributed by atoms with Crippen molar-refractivity contribution in [1.29, 1.82) is 0 Å². The van der Waals surface area contributed by atoms with E-state index in [9.17, 15) is 9.90 Å². The second-order valence-corrected chi connectivity index (χ2v) is 9.26. The molecule has 3 rings (SSSR count). The number of fused-ring (bicyclic) bond motifs is 1. The van der Waals surface area contributed by atoms with Gasteiger partial charge in [-0.2, -0.15) is 0 Å². The Balaban J connectivity index is 1.87. The largest absolute Gasteiger partial charge is 0.497 e. The SMILES string of the molecule is CCCCN(CCCC)Cn1c(O)c(N=NC(=O)Cc2ccc(OC)cc2)c2cc(Br)ccc21. The van der Waals surface area contributed by atoms with E-state index in [0.717, 1.165) is 65.5 Å². The van der Waals surface area contributed by atoms with Crippen LogP contribution in [0.3, 0.4) is 0 Å². The van der Waals surface area contributed by atoms with Crippen molar-refractivity contribution in [2.24, 2.45) is 10.2 Å². The Morgan fingerprint density at radius 2 is 1.76 bits per heavy atom. The number of carbonyl (C=O) groups excluding carboxylic acids is 1. The Kier molecular flexibility index (Phi) is 9.65. The molecule has 34 heavy (non-hydrogen) atoms. The minimum Gasteiger partial charge on any atom is -0.497 e. The van der Waals surface area contributed by atoms with E-state index < -0.39 is 0 Å². The molecule has 0 aliphatic carbocycles. The number of rotatable bonds is 12. The van der Waals surface area contributed by atoms with Crippen LogP contribution >= 0.6 is 15.9 Å². The predicted molar refractivity (Wildman–Crippen MR) is 139 cm³/mol. The molecule has 0 unspecified atom stereocenters. The molecule has 1 amide bonds. The van der Waals surface area contributed by atoms with E-state index in [4.69, 9.17) is 4.74 Å². The minimum absolute atomic E-state index is 0.0205. The zero-order valence-electron chi connectivity index (χ0n) is 20.1. The van der Waals surface area contributed by atoms with Crippen molar-refractivity contribution in [3.05, 3.63) is 52.5 Å². The summed E-state index contributed by atoms with van der Waals surface area (Å²) in [7, 11) is 1.60. The third-order valence-electron chi connectivity index (χ3n) is 5.75. The molecule has 1 N–H and O–H groups in total. The first-order chi connectivity index (χ1) is 16.5. The number of benzene rings is 2. The average molecular weight is 529 g/mol. The van der Waals surface area contributed by atoms with Gasteiger partial charge in [0.25, 0.3) is 5.91 Å². The van der Waals surface area contributed by atoms with Crippen LogP contribution in [0.2, 0.25) is 0 Å². The van der Waals surface area contributed by atoms with Crippen LogP contribution < -0.4 is 4.74 Å². The first kappa shape index (κ1) is 25.9. The Hall–Kier alpha value is -2.71. The first-order valence-corrected chi connectivity index (χ1v) is 12.6. The normalized spacial score (nSPS) is 11.7. The Morgan fingerprint density at radius 1 is 1.09 bits per heavy atom. The summed E-state index contributed by atoms with van der Waals surface area (Å²) in [4.78, 5) is 14.8. The van der Waals surface area contributed by atoms with Gasteiger partial charge in [0.1, 0.15) is 5.75 Å². The van der Waals surface area contributed by atoms with Crippen LogP contribution in [-0.4, -0.2) is 40.7 Å². The molecule has 3 aromatic rings. The maximum atomic E-state index is 12.5. The standard InChI is InChI=1S/C26H33BrN4O3/c1-4-6-14-30(15-7-5-2)18-31-23-13-10-20(27)17-22(23)25(26(31)33)29-28-24(32)16-19-8-11-21(34-3)12-9-19/h8-13,17,33H,4-7,14-16,18H2,1-3H3. The van der Waals surface area contributed by atoms with Gasteiger partial charge in [-0.3, -0.25) is 14.3 Å². The second kappa shape index (κ2) is 12.7. The molecule has 182 valence electrons. The molecule has 0 bridgehead atoms. The third-order valence-corrected chi connectivity index (χ3v) is 6.24. The number of azo groups is 1. The summed E-state index contributed by atoms with van der Waals surface area (Å²) in [6.07, 6.45) is 4.55. The van der Waals surface area contributed by atoms with Gasteiger partial charge in [-0.1, -0.05) is 54.8 Å². The fraction of sp³-hybridized carbons (Fsp3) is 0.423. The molecule has 0 spiro atoms. The molecular formula is C26H33BrN4O3. The van der Waals surface area contributed by atoms with Crippen LogP contribution in [0.1, 0.15) is 45.1 Å². The summed E-state index contributed by atoms with van der Waals surface area (Å²) in [5.41, 5.74) is 1.99. The Morgan fingerprint density at radius 3 is 2.38 bits per heavy atom. The Labute approximate surface area is 209 Å². The average Bonchev–Trinajstić information content (AvgIpc) is 3.09. The molecule has 0 saturated heterocycles. The lowest BCUT2D eigenvalue weighted by Crippen LogP contribution is -2.28. The van der Waals surface area contributed by atoms with Crippen LogP contribution in [0.25, 0.3) is 10.9 Å². The lowest BCUT2D eigenvalue weighted by atomic mass is 10.1. The molecule has 0 aliphatic heterocycles. The van der Waals surface area contributed by atoms with E-state index in [1.807, 2.05) is 34.9 Å². The van der Waals surface area contributed by atoms with Crippen molar-refractivity contribution in [2.45, 2.75) is 52.6 Å². The number of halogens is 1. The van der Waals surface area contributed by atoms with Crippen molar-refractivity contribution in [1.82, 2.24) is 9.47 Å². The van der Waals surface area contributed by atoms with E-state index in [0.29, 0.717) is 12.4 Å². The number of ether oxygens (including phenoxy) is 1. The molecule has 0 atom stereocenters. The maximum absolute atomic E-state index is 12.5. The quantitative estimate of drug-likeness (QED) is 0.261. The highest BCUT2D eigenvalue weighted by Crippen LogP contribution is 2.40. The van der Waals surface area contributed by atoms with E-state index in [2.05, 4.69) is 44.9 Å². The number of aromatic hydroxyl groups is 1. The number of amides is 1. The fourth-order valence-electron chi connectivity index (χ4n) is 3.81. The number of unbranched alkanes of at least 4 members (excludes halogenated alkanes) is 2. The van der Waals surface area contributed by atoms with Crippen LogP contribution in [0.4, 0.5) is 5.69 Å². The highest BCUT2D eigenvalue weighted by atomic mass is 79.9. The number of aromatic nitrogens is 1. The van der Waals surface area contributed by atoms with Gasteiger partial charge >= 0.3 is 0 Å². The van der Waals surface area contributed by atoms with E-state index in [1.165, 1.54) is 0 Å². The van der Waals surface area contributed by atoms with Crippen molar-refractivity contribution in [3.8, 4) is 11.6 Å². The zero-order chi connectivity index (χ0) is 24.5. The second-order valence-electron chi connectivity index (χ2n) is 8.35. The fourth-order valence-corrected chi connectivity index (χ4v) is 4.17. The highest BCUT2D eigenvalue weighted by molar-refractivity contribution is 9.10. The van der Waals surface area contributed by atoms with Crippen molar-refractivity contribution >= 4 is 38.4 Å². The third kappa shape index (κ3) is 6.67. The lowest BCUT2D eigenvalue weighted by Gasteiger charge is -2.23. The summed E-state index contributed by atoms with van der Waals surface area (Å²) < 4.78 is 7.88. The maximum Gasteiger partial charge on any atom is 0.269 e. The number of methoxy groups -OCH3 is 1. The number of hydrogen-bond acceptors (Lipinski definition) is 5. The lowest BCUT2D eigenvalue weighted by molar-refractivity contribution is -0.117.